The van der Waals surface area contributed by atoms with Crippen LogP contribution in [0.1, 0.15) is 0 Å². The molecule has 0 unspecified atom stereocenters. The molecule has 5 heterocycles. The van der Waals surface area contributed by atoms with Gasteiger partial charge >= 0.3 is 0 Å². The zero-order valence-corrected chi connectivity index (χ0v) is 16.1. The van der Waals surface area contributed by atoms with Crippen molar-refractivity contribution in [1.82, 2.24) is 24.9 Å². The summed E-state index contributed by atoms with van der Waals surface area (Å²) in [5, 5.41) is 4.33. The topological polar surface area (TPSA) is 64.5 Å². The van der Waals surface area contributed by atoms with E-state index in [1.165, 1.54) is 17.7 Å². The van der Waals surface area contributed by atoms with Crippen molar-refractivity contribution in [3.8, 4) is 32.5 Å². The molecule has 0 aromatic carbocycles. The van der Waals surface area contributed by atoms with E-state index in [1.807, 2.05) is 18.2 Å². The minimum Gasteiger partial charge on any atom is -0.255 e. The Balaban J connectivity index is 1.69. The van der Waals surface area contributed by atoms with E-state index in [9.17, 15) is 0 Å². The third kappa shape index (κ3) is 2.99. The van der Waals surface area contributed by atoms with Crippen molar-refractivity contribution < 1.29 is 0 Å². The lowest BCUT2D eigenvalue weighted by Gasteiger charge is -2.05. The van der Waals surface area contributed by atoms with Gasteiger partial charge in [0.1, 0.15) is 16.5 Å². The second-order valence-corrected chi connectivity index (χ2v) is 7.97. The Labute approximate surface area is 167 Å². The highest BCUT2D eigenvalue weighted by atomic mass is 35.5. The van der Waals surface area contributed by atoms with E-state index < -0.39 is 0 Å². The van der Waals surface area contributed by atoms with Gasteiger partial charge in [-0.05, 0) is 29.6 Å². The zero-order chi connectivity index (χ0) is 18.2. The van der Waals surface area contributed by atoms with Crippen molar-refractivity contribution in [2.24, 2.45) is 0 Å². The molecule has 5 rings (SSSR count). The van der Waals surface area contributed by atoms with Gasteiger partial charge in [0.15, 0.2) is 0 Å². The first-order valence-electron chi connectivity index (χ1n) is 8.01. The maximum absolute atomic E-state index is 6.46. The Kier molecular flexibility index (Phi) is 4.12. The first-order valence-corrected chi connectivity index (χ1v) is 10.1. The summed E-state index contributed by atoms with van der Waals surface area (Å²) < 4.78 is 1.13. The molecule has 130 valence electrons. The van der Waals surface area contributed by atoms with Crippen molar-refractivity contribution in [2.45, 2.75) is 0 Å². The lowest BCUT2D eigenvalue weighted by Crippen LogP contribution is -1.90. The van der Waals surface area contributed by atoms with Crippen LogP contribution in [0.15, 0.2) is 60.6 Å². The van der Waals surface area contributed by atoms with Gasteiger partial charge in [-0.1, -0.05) is 17.7 Å². The predicted octanol–water partition coefficient (Wildman–Crippen LogP) is 5.59. The average Bonchev–Trinajstić information content (AvgIpc) is 3.35. The molecule has 5 aromatic heterocycles. The Morgan fingerprint density at radius 1 is 0.963 bits per heavy atom. The third-order valence-corrected chi connectivity index (χ3v) is 6.36. The van der Waals surface area contributed by atoms with E-state index in [4.69, 9.17) is 16.6 Å². The number of fused-ring (bicyclic) bond motifs is 1. The van der Waals surface area contributed by atoms with E-state index in [-0.39, 0.29) is 0 Å². The largest absolute Gasteiger partial charge is 0.255 e. The summed E-state index contributed by atoms with van der Waals surface area (Å²) in [6.45, 7) is 0. The summed E-state index contributed by atoms with van der Waals surface area (Å²) >= 11 is 9.61. The molecule has 8 heteroatoms. The zero-order valence-electron chi connectivity index (χ0n) is 13.7. The molecule has 5 aromatic rings. The SMILES string of the molecule is Clc1nc(-c2cncnc2)sc1-c1cc2sccc2c(-c2ccccn2)n1. The van der Waals surface area contributed by atoms with Crippen molar-refractivity contribution in [3.63, 3.8) is 0 Å². The molecule has 0 N–H and O–H groups in total. The van der Waals surface area contributed by atoms with Gasteiger partial charge in [0.25, 0.3) is 0 Å². The summed E-state index contributed by atoms with van der Waals surface area (Å²) in [6.07, 6.45) is 6.71. The van der Waals surface area contributed by atoms with Crippen LogP contribution in [0.25, 0.3) is 42.6 Å². The Morgan fingerprint density at radius 3 is 2.67 bits per heavy atom. The van der Waals surface area contributed by atoms with Gasteiger partial charge in [-0.25, -0.2) is 19.9 Å². The molecule has 0 amide bonds. The molecule has 0 atom stereocenters. The second kappa shape index (κ2) is 6.77. The normalized spacial score (nSPS) is 11.1. The second-order valence-electron chi connectivity index (χ2n) is 5.67. The number of thiazole rings is 1. The van der Waals surface area contributed by atoms with Crippen LogP contribution in [0.4, 0.5) is 0 Å². The summed E-state index contributed by atoms with van der Waals surface area (Å²) in [7, 11) is 0. The van der Waals surface area contributed by atoms with Gasteiger partial charge in [-0.2, -0.15) is 0 Å². The molecule has 0 spiro atoms. The van der Waals surface area contributed by atoms with Gasteiger partial charge in [0.2, 0.25) is 0 Å². The number of thiophene rings is 1. The molecule has 0 bridgehead atoms. The quantitative estimate of drug-likeness (QED) is 0.390. The Morgan fingerprint density at radius 2 is 1.85 bits per heavy atom. The summed E-state index contributed by atoms with van der Waals surface area (Å²) in [6, 6.07) is 9.94. The Hall–Kier alpha value is -2.74. The van der Waals surface area contributed by atoms with Crippen LogP contribution >= 0.6 is 34.3 Å². The Bertz CT molecular complexity index is 1240. The van der Waals surface area contributed by atoms with Gasteiger partial charge in [0.05, 0.1) is 22.0 Å². The van der Waals surface area contributed by atoms with Gasteiger partial charge in [-0.15, -0.1) is 22.7 Å². The highest BCUT2D eigenvalue weighted by Crippen LogP contribution is 2.40. The van der Waals surface area contributed by atoms with E-state index in [0.717, 1.165) is 42.6 Å². The number of hydrogen-bond acceptors (Lipinski definition) is 7. The lowest BCUT2D eigenvalue weighted by molar-refractivity contribution is 1.17. The van der Waals surface area contributed by atoms with E-state index in [2.05, 4.69) is 37.4 Å². The molecule has 0 saturated heterocycles. The van der Waals surface area contributed by atoms with Crippen LogP contribution in [0.3, 0.4) is 0 Å². The number of pyridine rings is 2. The molecule has 0 aliphatic carbocycles. The summed E-state index contributed by atoms with van der Waals surface area (Å²) in [5.41, 5.74) is 3.30. The fraction of sp³-hybridized carbons (Fsp3) is 0. The van der Waals surface area contributed by atoms with Crippen molar-refractivity contribution in [1.29, 1.82) is 0 Å². The van der Waals surface area contributed by atoms with Gasteiger partial charge < -0.3 is 0 Å². The predicted molar refractivity (Wildman–Crippen MR) is 110 cm³/mol. The van der Waals surface area contributed by atoms with Gasteiger partial charge in [0, 0.05) is 34.2 Å². The lowest BCUT2D eigenvalue weighted by atomic mass is 10.1. The van der Waals surface area contributed by atoms with E-state index >= 15 is 0 Å². The summed E-state index contributed by atoms with van der Waals surface area (Å²) in [5.74, 6) is 0. The maximum atomic E-state index is 6.46. The highest BCUT2D eigenvalue weighted by Gasteiger charge is 2.18. The van der Waals surface area contributed by atoms with Crippen molar-refractivity contribution >= 4 is 44.4 Å². The number of aromatic nitrogens is 5. The van der Waals surface area contributed by atoms with Crippen LogP contribution < -0.4 is 0 Å². The molecule has 0 aliphatic rings. The minimum absolute atomic E-state index is 0.425. The molecule has 27 heavy (non-hydrogen) atoms. The van der Waals surface area contributed by atoms with Crippen LogP contribution in [0.2, 0.25) is 5.15 Å². The highest BCUT2D eigenvalue weighted by molar-refractivity contribution is 7.19. The first kappa shape index (κ1) is 16.4. The maximum Gasteiger partial charge on any atom is 0.150 e. The standard InChI is InChI=1S/C19H10ClN5S2/c20-18-17(27-19(25-18)11-8-21-10-22-9-11)14-7-15-12(4-6-26-15)16(24-14)13-3-1-2-5-23-13/h1-10H. The van der Waals surface area contributed by atoms with Crippen molar-refractivity contribution in [2.75, 3.05) is 0 Å². The van der Waals surface area contributed by atoms with Crippen molar-refractivity contribution in [3.05, 3.63) is 65.8 Å². The van der Waals surface area contributed by atoms with Crippen LogP contribution in [-0.4, -0.2) is 24.9 Å². The molecular formula is C19H10ClN5S2. The number of halogens is 1. The minimum atomic E-state index is 0.425. The molecular weight excluding hydrogens is 398 g/mol. The smallest absolute Gasteiger partial charge is 0.150 e. The molecule has 5 nitrogen and oxygen atoms in total. The fourth-order valence-electron chi connectivity index (χ4n) is 2.77. The first-order chi connectivity index (χ1) is 13.3. The number of nitrogens with zero attached hydrogens (tertiary/aromatic N) is 5. The summed E-state index contributed by atoms with van der Waals surface area (Å²) in [4.78, 5) is 22.8. The molecule has 0 aliphatic heterocycles. The molecule has 0 radical (unpaired) electrons. The average molecular weight is 408 g/mol. The number of hydrogen-bond donors (Lipinski definition) is 0. The van der Waals surface area contributed by atoms with E-state index in [1.54, 1.807) is 29.9 Å². The number of rotatable bonds is 3. The van der Waals surface area contributed by atoms with Crippen LogP contribution in [0.5, 0.6) is 0 Å². The fourth-order valence-corrected chi connectivity index (χ4v) is 4.83. The molecule has 0 saturated carbocycles. The molecule has 0 fully saturated rings. The van der Waals surface area contributed by atoms with Gasteiger partial charge in [-0.3, -0.25) is 4.98 Å². The van der Waals surface area contributed by atoms with E-state index in [0.29, 0.717) is 5.15 Å². The van der Waals surface area contributed by atoms with Crippen LogP contribution in [0, 0.1) is 0 Å². The monoisotopic (exact) mass is 407 g/mol. The van der Waals surface area contributed by atoms with Crippen LogP contribution in [-0.2, 0) is 0 Å². The third-order valence-electron chi connectivity index (χ3n) is 3.98.